The molecule has 0 saturated carbocycles. The van der Waals surface area contributed by atoms with Gasteiger partial charge in [-0.05, 0) is 6.07 Å². The molecule has 0 aliphatic rings. The molecule has 82 valence electrons. The average molecular weight is 240 g/mol. The molecular formula is C10H6ClNO4. The second kappa shape index (κ2) is 3.94. The summed E-state index contributed by atoms with van der Waals surface area (Å²) in [5.74, 6) is 0.151. The average Bonchev–Trinajstić information content (AvgIpc) is 2.28. The van der Waals surface area contributed by atoms with E-state index in [4.69, 9.17) is 21.1 Å². The molecule has 0 bridgehead atoms. The van der Waals surface area contributed by atoms with Crippen molar-refractivity contribution in [2.45, 2.75) is 0 Å². The fourth-order valence-electron chi connectivity index (χ4n) is 1.19. The minimum absolute atomic E-state index is 0.0714. The molecule has 2 aromatic rings. The van der Waals surface area contributed by atoms with E-state index in [2.05, 4.69) is 4.98 Å². The Bertz CT molecular complexity index is 601. The lowest BCUT2D eigenvalue weighted by Gasteiger charge is -2.10. The van der Waals surface area contributed by atoms with Gasteiger partial charge in [-0.3, -0.25) is 9.59 Å². The van der Waals surface area contributed by atoms with Crippen LogP contribution in [0, 0.1) is 0 Å². The van der Waals surface area contributed by atoms with Crippen molar-refractivity contribution in [1.29, 1.82) is 0 Å². The van der Waals surface area contributed by atoms with Crippen LogP contribution < -0.4 is 20.3 Å². The molecular weight excluding hydrogens is 234 g/mol. The van der Waals surface area contributed by atoms with Crippen LogP contribution in [0.2, 0.25) is 5.15 Å². The summed E-state index contributed by atoms with van der Waals surface area (Å²) in [6.45, 7) is 0. The van der Waals surface area contributed by atoms with Crippen molar-refractivity contribution < 1.29 is 9.47 Å². The van der Waals surface area contributed by atoms with Crippen molar-refractivity contribution in [3.63, 3.8) is 0 Å². The highest BCUT2D eigenvalue weighted by Crippen LogP contribution is 2.27. The smallest absolute Gasteiger partial charge is 0.276 e. The zero-order chi connectivity index (χ0) is 11.7. The first-order valence-corrected chi connectivity index (χ1v) is 4.68. The second-order valence-corrected chi connectivity index (χ2v) is 3.32. The Hall–Kier alpha value is -1.88. The van der Waals surface area contributed by atoms with Gasteiger partial charge in [0.25, 0.3) is 10.9 Å². The van der Waals surface area contributed by atoms with Gasteiger partial charge in [-0.1, -0.05) is 11.6 Å². The van der Waals surface area contributed by atoms with Crippen molar-refractivity contribution in [2.24, 2.45) is 0 Å². The number of hydrogen-bond donors (Lipinski definition) is 0. The molecule has 0 aliphatic heterocycles. The molecule has 1 heterocycles. The Balaban J connectivity index is 2.32. The molecule has 1 aromatic carbocycles. The monoisotopic (exact) mass is 239 g/mol. The largest absolute Gasteiger partial charge is 0.489 e. The summed E-state index contributed by atoms with van der Waals surface area (Å²) in [5.41, 5.74) is -1.39. The Morgan fingerprint density at radius 1 is 1.25 bits per heavy atom. The number of pyridine rings is 1. The lowest BCUT2D eigenvalue weighted by molar-refractivity contribution is 0.363. The standard InChI is InChI=1S/C10H6ClNO4/c1-15-9-7(13)8(14)10(9)16-5-2-3-12-6(11)4-5/h2-4H,1H3. The Morgan fingerprint density at radius 2 is 1.94 bits per heavy atom. The molecule has 16 heavy (non-hydrogen) atoms. The van der Waals surface area contributed by atoms with E-state index in [0.29, 0.717) is 5.75 Å². The van der Waals surface area contributed by atoms with Crippen LogP contribution in [-0.2, 0) is 0 Å². The van der Waals surface area contributed by atoms with Gasteiger partial charge in [0, 0.05) is 12.3 Å². The Morgan fingerprint density at radius 3 is 2.56 bits per heavy atom. The van der Waals surface area contributed by atoms with Gasteiger partial charge in [0.05, 0.1) is 7.11 Å². The van der Waals surface area contributed by atoms with Crippen LogP contribution in [0.15, 0.2) is 27.9 Å². The molecule has 0 N–H and O–H groups in total. The summed E-state index contributed by atoms with van der Waals surface area (Å²) >= 11 is 5.63. The van der Waals surface area contributed by atoms with Gasteiger partial charge in [-0.25, -0.2) is 4.98 Å². The van der Waals surface area contributed by atoms with E-state index < -0.39 is 10.9 Å². The maximum absolute atomic E-state index is 11.2. The molecule has 0 atom stereocenters. The van der Waals surface area contributed by atoms with E-state index in [0.717, 1.165) is 0 Å². The van der Waals surface area contributed by atoms with Crippen LogP contribution in [0.3, 0.4) is 0 Å². The number of rotatable bonds is 3. The SMILES string of the molecule is COc1c(Oc2ccnc(Cl)c2)c(=O)c1=O. The molecule has 0 radical (unpaired) electrons. The first-order valence-electron chi connectivity index (χ1n) is 4.30. The first-order chi connectivity index (χ1) is 7.63. The molecule has 0 amide bonds. The van der Waals surface area contributed by atoms with Crippen molar-refractivity contribution in [1.82, 2.24) is 4.98 Å². The summed E-state index contributed by atoms with van der Waals surface area (Å²) in [5, 5.41) is 0.232. The summed E-state index contributed by atoms with van der Waals surface area (Å²) in [7, 11) is 1.29. The lowest BCUT2D eigenvalue weighted by Crippen LogP contribution is -2.32. The Kier molecular flexibility index (Phi) is 2.62. The van der Waals surface area contributed by atoms with Gasteiger partial charge >= 0.3 is 0 Å². The van der Waals surface area contributed by atoms with Gasteiger partial charge in [0.2, 0.25) is 11.5 Å². The fraction of sp³-hybridized carbons (Fsp3) is 0.100. The molecule has 0 unspecified atom stereocenters. The first kappa shape index (κ1) is 10.6. The minimum atomic E-state index is -0.704. The van der Waals surface area contributed by atoms with Crippen LogP contribution in [0.1, 0.15) is 0 Å². The molecule has 0 fully saturated rings. The van der Waals surface area contributed by atoms with Crippen molar-refractivity contribution in [2.75, 3.05) is 7.11 Å². The summed E-state index contributed by atoms with van der Waals surface area (Å²) in [4.78, 5) is 25.9. The third kappa shape index (κ3) is 1.65. The molecule has 0 spiro atoms. The quantitative estimate of drug-likeness (QED) is 0.593. The molecule has 1 aromatic heterocycles. The van der Waals surface area contributed by atoms with Crippen molar-refractivity contribution in [3.8, 4) is 17.2 Å². The van der Waals surface area contributed by atoms with Gasteiger partial charge in [0.1, 0.15) is 10.9 Å². The summed E-state index contributed by atoms with van der Waals surface area (Å²) < 4.78 is 9.90. The molecule has 0 saturated heterocycles. The van der Waals surface area contributed by atoms with E-state index in [1.54, 1.807) is 0 Å². The number of ether oxygens (including phenoxy) is 2. The van der Waals surface area contributed by atoms with Gasteiger partial charge < -0.3 is 9.47 Å². The minimum Gasteiger partial charge on any atom is -0.489 e. The number of hydrogen-bond acceptors (Lipinski definition) is 5. The molecule has 0 aliphatic carbocycles. The predicted octanol–water partition coefficient (Wildman–Crippen LogP) is 1.13. The third-order valence-electron chi connectivity index (χ3n) is 1.95. The van der Waals surface area contributed by atoms with Gasteiger partial charge in [-0.15, -0.1) is 0 Å². The highest BCUT2D eigenvalue weighted by Gasteiger charge is 2.24. The summed E-state index contributed by atoms with van der Waals surface area (Å²) in [6.07, 6.45) is 1.43. The third-order valence-corrected chi connectivity index (χ3v) is 2.15. The van der Waals surface area contributed by atoms with Crippen LogP contribution in [0.5, 0.6) is 17.2 Å². The zero-order valence-electron chi connectivity index (χ0n) is 8.19. The maximum atomic E-state index is 11.2. The highest BCUT2D eigenvalue weighted by molar-refractivity contribution is 6.29. The maximum Gasteiger partial charge on any atom is 0.276 e. The van der Waals surface area contributed by atoms with Crippen molar-refractivity contribution >= 4 is 11.6 Å². The van der Waals surface area contributed by atoms with E-state index >= 15 is 0 Å². The van der Waals surface area contributed by atoms with E-state index in [1.807, 2.05) is 0 Å². The van der Waals surface area contributed by atoms with E-state index in [1.165, 1.54) is 25.4 Å². The number of nitrogens with zero attached hydrogens (tertiary/aromatic N) is 1. The fourth-order valence-corrected chi connectivity index (χ4v) is 1.36. The van der Waals surface area contributed by atoms with Crippen molar-refractivity contribution in [3.05, 3.63) is 43.9 Å². The molecule has 2 rings (SSSR count). The summed E-state index contributed by atoms with van der Waals surface area (Å²) in [6, 6.07) is 2.94. The lowest BCUT2D eigenvalue weighted by atomic mass is 10.2. The zero-order valence-corrected chi connectivity index (χ0v) is 8.95. The second-order valence-electron chi connectivity index (χ2n) is 2.94. The van der Waals surface area contributed by atoms with Crippen LogP contribution >= 0.6 is 11.6 Å². The van der Waals surface area contributed by atoms with Crippen LogP contribution in [-0.4, -0.2) is 12.1 Å². The van der Waals surface area contributed by atoms with Crippen LogP contribution in [0.4, 0.5) is 0 Å². The number of halogens is 1. The topological polar surface area (TPSA) is 65.5 Å². The highest BCUT2D eigenvalue weighted by atomic mass is 35.5. The van der Waals surface area contributed by atoms with Gasteiger partial charge in [0.15, 0.2) is 0 Å². The number of methoxy groups -OCH3 is 1. The Labute approximate surface area is 94.9 Å². The van der Waals surface area contributed by atoms with Gasteiger partial charge in [-0.2, -0.15) is 0 Å². The predicted molar refractivity (Wildman–Crippen MR) is 57.2 cm³/mol. The van der Waals surface area contributed by atoms with E-state index in [9.17, 15) is 9.59 Å². The molecule has 6 heteroatoms. The molecule has 5 nitrogen and oxygen atoms in total. The van der Waals surface area contributed by atoms with Crippen LogP contribution in [0.25, 0.3) is 0 Å². The van der Waals surface area contributed by atoms with E-state index in [-0.39, 0.29) is 16.7 Å². The normalized spacial score (nSPS) is 10.4. The number of aromatic nitrogens is 1.